The van der Waals surface area contributed by atoms with Crippen molar-refractivity contribution in [3.05, 3.63) is 35.4 Å². The third kappa shape index (κ3) is 3.04. The van der Waals surface area contributed by atoms with Gasteiger partial charge in [0, 0.05) is 40.5 Å². The molecule has 0 spiro atoms. The quantitative estimate of drug-likeness (QED) is 0.908. The first-order valence-electron chi connectivity index (χ1n) is 6.19. The predicted octanol–water partition coefficient (Wildman–Crippen LogP) is 1.16. The molecule has 0 radical (unpaired) electrons. The number of nitrogens with zero attached hydrogens (tertiary/aromatic N) is 1. The third-order valence-electron chi connectivity index (χ3n) is 3.22. The van der Waals surface area contributed by atoms with Crippen LogP contribution in [0.4, 0.5) is 8.78 Å². The molecule has 1 aliphatic heterocycles. The summed E-state index contributed by atoms with van der Waals surface area (Å²) < 4.78 is 38.1. The number of amides is 1. The van der Waals surface area contributed by atoms with Crippen molar-refractivity contribution in [2.24, 2.45) is 0 Å². The van der Waals surface area contributed by atoms with Gasteiger partial charge in [-0.1, -0.05) is 0 Å². The summed E-state index contributed by atoms with van der Waals surface area (Å²) in [5, 5.41) is 2.90. The second-order valence-corrected chi connectivity index (χ2v) is 6.32. The standard InChI is InChI=1S/C13H16F2N2O2S/c1-8(7-20(2)19)17-12(18)6-16-13(17)10-4-3-9(14)5-11(10)15/h3-5,8,13,16H,6-7H2,1-2H3. The van der Waals surface area contributed by atoms with Crippen LogP contribution in [0.3, 0.4) is 0 Å². The van der Waals surface area contributed by atoms with E-state index in [1.807, 2.05) is 0 Å². The van der Waals surface area contributed by atoms with Crippen molar-refractivity contribution < 1.29 is 17.8 Å². The largest absolute Gasteiger partial charge is 0.318 e. The van der Waals surface area contributed by atoms with Crippen molar-refractivity contribution in [2.75, 3.05) is 18.6 Å². The minimum Gasteiger partial charge on any atom is -0.318 e. The van der Waals surface area contributed by atoms with Crippen LogP contribution in [0.25, 0.3) is 0 Å². The number of hydrogen-bond donors (Lipinski definition) is 1. The van der Waals surface area contributed by atoms with Crippen molar-refractivity contribution in [1.29, 1.82) is 0 Å². The van der Waals surface area contributed by atoms with E-state index >= 15 is 0 Å². The van der Waals surface area contributed by atoms with Crippen LogP contribution in [0.1, 0.15) is 18.7 Å². The molecule has 3 atom stereocenters. The van der Waals surface area contributed by atoms with Gasteiger partial charge in [-0.2, -0.15) is 0 Å². The fourth-order valence-electron chi connectivity index (χ4n) is 2.42. The van der Waals surface area contributed by atoms with Gasteiger partial charge in [0.05, 0.1) is 6.54 Å². The zero-order chi connectivity index (χ0) is 14.9. The van der Waals surface area contributed by atoms with E-state index in [-0.39, 0.29) is 24.1 Å². The highest BCUT2D eigenvalue weighted by Crippen LogP contribution is 2.27. The topological polar surface area (TPSA) is 49.4 Å². The van der Waals surface area contributed by atoms with Gasteiger partial charge in [0.25, 0.3) is 0 Å². The van der Waals surface area contributed by atoms with Crippen LogP contribution in [0.5, 0.6) is 0 Å². The fraction of sp³-hybridized carbons (Fsp3) is 0.462. The van der Waals surface area contributed by atoms with Crippen molar-refractivity contribution >= 4 is 16.7 Å². The summed E-state index contributed by atoms with van der Waals surface area (Å²) in [6.07, 6.45) is 0.902. The van der Waals surface area contributed by atoms with E-state index in [4.69, 9.17) is 0 Å². The molecule has 1 saturated heterocycles. The van der Waals surface area contributed by atoms with Gasteiger partial charge in [0.15, 0.2) is 0 Å². The molecule has 0 aliphatic carbocycles. The van der Waals surface area contributed by atoms with Gasteiger partial charge in [-0.25, -0.2) is 8.78 Å². The molecule has 1 fully saturated rings. The minimum atomic E-state index is -1.06. The Morgan fingerprint density at radius 1 is 1.50 bits per heavy atom. The lowest BCUT2D eigenvalue weighted by atomic mass is 10.1. The third-order valence-corrected chi connectivity index (χ3v) is 4.17. The maximum absolute atomic E-state index is 13.9. The Morgan fingerprint density at radius 2 is 2.20 bits per heavy atom. The van der Waals surface area contributed by atoms with E-state index in [1.165, 1.54) is 11.0 Å². The van der Waals surface area contributed by atoms with Gasteiger partial charge >= 0.3 is 0 Å². The van der Waals surface area contributed by atoms with Crippen LogP contribution in [0, 0.1) is 11.6 Å². The van der Waals surface area contributed by atoms with Gasteiger partial charge in [-0.15, -0.1) is 0 Å². The lowest BCUT2D eigenvalue weighted by Crippen LogP contribution is -2.41. The van der Waals surface area contributed by atoms with Gasteiger partial charge in [0.2, 0.25) is 5.91 Å². The number of rotatable bonds is 4. The molecule has 1 aromatic rings. The second-order valence-electron chi connectivity index (χ2n) is 4.84. The number of benzene rings is 1. The van der Waals surface area contributed by atoms with E-state index in [2.05, 4.69) is 5.32 Å². The minimum absolute atomic E-state index is 0.0855. The first kappa shape index (κ1) is 15.1. The first-order valence-corrected chi connectivity index (χ1v) is 7.92. The molecule has 3 unspecified atom stereocenters. The Morgan fingerprint density at radius 3 is 2.80 bits per heavy atom. The van der Waals surface area contributed by atoms with E-state index in [0.717, 1.165) is 12.1 Å². The number of hydrogen-bond acceptors (Lipinski definition) is 3. The van der Waals surface area contributed by atoms with Crippen molar-refractivity contribution in [3.8, 4) is 0 Å². The first-order chi connectivity index (χ1) is 9.40. The van der Waals surface area contributed by atoms with Gasteiger partial charge in [-0.3, -0.25) is 14.3 Å². The Bertz CT molecular complexity index is 553. The predicted molar refractivity (Wildman–Crippen MR) is 72.3 cm³/mol. The lowest BCUT2D eigenvalue weighted by Gasteiger charge is -2.30. The Kier molecular flexibility index (Phi) is 4.49. The molecule has 2 rings (SSSR count). The molecule has 0 bridgehead atoms. The zero-order valence-electron chi connectivity index (χ0n) is 11.2. The van der Waals surface area contributed by atoms with Crippen LogP contribution in [-0.2, 0) is 15.6 Å². The molecule has 0 saturated carbocycles. The molecule has 0 aromatic heterocycles. The highest BCUT2D eigenvalue weighted by atomic mass is 32.2. The van der Waals surface area contributed by atoms with Crippen LogP contribution < -0.4 is 5.32 Å². The number of nitrogens with one attached hydrogen (secondary N) is 1. The summed E-state index contributed by atoms with van der Waals surface area (Å²) >= 11 is 0. The molecule has 1 amide bonds. The summed E-state index contributed by atoms with van der Waals surface area (Å²) in [4.78, 5) is 13.4. The van der Waals surface area contributed by atoms with Crippen molar-refractivity contribution in [2.45, 2.75) is 19.1 Å². The van der Waals surface area contributed by atoms with Crippen LogP contribution in [-0.4, -0.2) is 39.6 Å². The molecule has 7 heteroatoms. The lowest BCUT2D eigenvalue weighted by molar-refractivity contribution is -0.129. The molecule has 20 heavy (non-hydrogen) atoms. The monoisotopic (exact) mass is 302 g/mol. The number of halogens is 2. The number of carbonyl (C=O) groups is 1. The molecular formula is C13H16F2N2O2S. The molecule has 1 aromatic carbocycles. The maximum Gasteiger partial charge on any atom is 0.238 e. The average Bonchev–Trinajstić information content (AvgIpc) is 2.70. The summed E-state index contributed by atoms with van der Waals surface area (Å²) in [5.41, 5.74) is 0.214. The van der Waals surface area contributed by atoms with Crippen LogP contribution >= 0.6 is 0 Å². The SMILES string of the molecule is CC(CS(C)=O)N1C(=O)CNC1c1ccc(F)cc1F. The highest BCUT2D eigenvalue weighted by Gasteiger charge is 2.36. The Balaban J connectivity index is 2.29. The normalized spacial score (nSPS) is 22.1. The van der Waals surface area contributed by atoms with Gasteiger partial charge in [0.1, 0.15) is 17.8 Å². The van der Waals surface area contributed by atoms with Crippen molar-refractivity contribution in [3.63, 3.8) is 0 Å². The Hall–Kier alpha value is -1.34. The van der Waals surface area contributed by atoms with Gasteiger partial charge in [-0.05, 0) is 19.1 Å². The number of carbonyl (C=O) groups excluding carboxylic acids is 1. The summed E-state index contributed by atoms with van der Waals surface area (Å²) in [7, 11) is -1.06. The van der Waals surface area contributed by atoms with Gasteiger partial charge < -0.3 is 4.90 Å². The molecule has 1 N–H and O–H groups in total. The molecule has 1 heterocycles. The molecule has 1 aliphatic rings. The second kappa shape index (κ2) is 5.97. The average molecular weight is 302 g/mol. The Labute approximate surface area is 118 Å². The van der Waals surface area contributed by atoms with Crippen molar-refractivity contribution in [1.82, 2.24) is 10.2 Å². The van der Waals surface area contributed by atoms with Crippen LogP contribution in [0.15, 0.2) is 18.2 Å². The van der Waals surface area contributed by atoms with E-state index < -0.39 is 28.6 Å². The van der Waals surface area contributed by atoms with E-state index in [9.17, 15) is 17.8 Å². The molecule has 110 valence electrons. The maximum atomic E-state index is 13.9. The fourth-order valence-corrected chi connectivity index (χ4v) is 3.26. The summed E-state index contributed by atoms with van der Waals surface area (Å²) in [5.74, 6) is -1.24. The van der Waals surface area contributed by atoms with E-state index in [1.54, 1.807) is 13.2 Å². The van der Waals surface area contributed by atoms with Crippen LogP contribution in [0.2, 0.25) is 0 Å². The summed E-state index contributed by atoms with van der Waals surface area (Å²) in [6, 6.07) is 2.98. The highest BCUT2D eigenvalue weighted by molar-refractivity contribution is 7.84. The smallest absolute Gasteiger partial charge is 0.238 e. The van der Waals surface area contributed by atoms with E-state index in [0.29, 0.717) is 5.75 Å². The molecule has 4 nitrogen and oxygen atoms in total. The molecular weight excluding hydrogens is 286 g/mol. The summed E-state index contributed by atoms with van der Waals surface area (Å²) in [6.45, 7) is 1.85. The zero-order valence-corrected chi connectivity index (χ0v) is 12.0.